The lowest BCUT2D eigenvalue weighted by Gasteiger charge is -2.30. The van der Waals surface area contributed by atoms with Crippen molar-refractivity contribution in [2.24, 2.45) is 11.7 Å². The number of methoxy groups -OCH3 is 1. The van der Waals surface area contributed by atoms with Gasteiger partial charge in [0.1, 0.15) is 12.6 Å². The van der Waals surface area contributed by atoms with Crippen LogP contribution < -0.4 is 15.2 Å². The Labute approximate surface area is 200 Å². The van der Waals surface area contributed by atoms with Gasteiger partial charge < -0.3 is 15.2 Å². The van der Waals surface area contributed by atoms with E-state index in [-0.39, 0.29) is 19.1 Å². The van der Waals surface area contributed by atoms with E-state index in [0.29, 0.717) is 22.9 Å². The number of hydrogen-bond acceptors (Lipinski definition) is 5. The highest BCUT2D eigenvalue weighted by Gasteiger charge is 2.33. The number of nitrogens with zero attached hydrogens (tertiary/aromatic N) is 1. The van der Waals surface area contributed by atoms with Crippen molar-refractivity contribution in [3.05, 3.63) is 58.6 Å². The average molecular weight is 493 g/mol. The third-order valence-corrected chi connectivity index (χ3v) is 6.40. The lowest BCUT2D eigenvalue weighted by atomic mass is 10.0. The van der Waals surface area contributed by atoms with Crippen molar-refractivity contribution in [1.82, 2.24) is 4.31 Å². The zero-order valence-electron chi connectivity index (χ0n) is 19.2. The molecule has 0 heterocycles. The largest absolute Gasteiger partial charge is 0.493 e. The lowest BCUT2D eigenvalue weighted by Crippen LogP contribution is -2.51. The predicted molar refractivity (Wildman–Crippen MR) is 130 cm³/mol. The third kappa shape index (κ3) is 7.97. The number of sulfonamides is 1. The maximum absolute atomic E-state index is 12.3. The summed E-state index contributed by atoms with van der Waals surface area (Å²) in [6, 6.07) is 11.6. The van der Waals surface area contributed by atoms with E-state index in [2.05, 4.69) is 11.8 Å². The van der Waals surface area contributed by atoms with E-state index in [1.165, 1.54) is 7.11 Å². The summed E-state index contributed by atoms with van der Waals surface area (Å²) in [4.78, 5) is 11.9. The van der Waals surface area contributed by atoms with Gasteiger partial charge in [0.15, 0.2) is 11.5 Å². The zero-order valence-corrected chi connectivity index (χ0v) is 20.7. The monoisotopic (exact) mass is 492 g/mol. The molecule has 0 saturated heterocycles. The fourth-order valence-corrected chi connectivity index (χ4v) is 4.63. The van der Waals surface area contributed by atoms with Crippen molar-refractivity contribution in [3.8, 4) is 23.3 Å². The van der Waals surface area contributed by atoms with Gasteiger partial charge in [0.05, 0.1) is 13.4 Å². The van der Waals surface area contributed by atoms with Gasteiger partial charge in [-0.3, -0.25) is 4.79 Å². The third-order valence-electron chi connectivity index (χ3n) is 4.88. The van der Waals surface area contributed by atoms with Crippen molar-refractivity contribution in [3.63, 3.8) is 0 Å². The van der Waals surface area contributed by atoms with Crippen LogP contribution in [0.2, 0.25) is 5.02 Å². The van der Waals surface area contributed by atoms with Crippen LogP contribution in [0, 0.1) is 17.8 Å². The van der Waals surface area contributed by atoms with Crippen LogP contribution in [-0.4, -0.2) is 51.2 Å². The van der Waals surface area contributed by atoms with E-state index < -0.39 is 22.0 Å². The summed E-state index contributed by atoms with van der Waals surface area (Å²) >= 11 is 5.86. The van der Waals surface area contributed by atoms with Gasteiger partial charge in [0.2, 0.25) is 15.9 Å². The average Bonchev–Trinajstić information content (AvgIpc) is 2.74. The van der Waals surface area contributed by atoms with Gasteiger partial charge in [-0.1, -0.05) is 43.4 Å². The molecule has 2 aromatic rings. The van der Waals surface area contributed by atoms with Gasteiger partial charge in [-0.25, -0.2) is 8.42 Å². The summed E-state index contributed by atoms with van der Waals surface area (Å²) in [7, 11) is -2.11. The summed E-state index contributed by atoms with van der Waals surface area (Å²) < 4.78 is 36.9. The molecule has 0 unspecified atom stereocenters. The molecule has 0 bridgehead atoms. The van der Waals surface area contributed by atoms with Crippen LogP contribution in [-0.2, 0) is 21.2 Å². The fourth-order valence-electron chi connectivity index (χ4n) is 3.33. The molecular formula is C24H29ClN2O5S. The molecule has 7 nitrogen and oxygen atoms in total. The van der Waals surface area contributed by atoms with Crippen LogP contribution >= 0.6 is 11.6 Å². The second-order valence-electron chi connectivity index (χ2n) is 7.80. The predicted octanol–water partition coefficient (Wildman–Crippen LogP) is 3.09. The molecule has 0 spiro atoms. The van der Waals surface area contributed by atoms with Gasteiger partial charge in [-0.15, -0.1) is 0 Å². The molecular weight excluding hydrogens is 464 g/mol. The summed E-state index contributed by atoms with van der Waals surface area (Å²) in [5.41, 5.74) is 7.13. The van der Waals surface area contributed by atoms with E-state index in [1.54, 1.807) is 38.1 Å². The topological polar surface area (TPSA) is 98.9 Å². The Kier molecular flexibility index (Phi) is 9.59. The maximum atomic E-state index is 12.3. The summed E-state index contributed by atoms with van der Waals surface area (Å²) in [5.74, 6) is 6.03. The Morgan fingerprint density at radius 2 is 1.82 bits per heavy atom. The lowest BCUT2D eigenvalue weighted by molar-refractivity contribution is -0.122. The van der Waals surface area contributed by atoms with E-state index in [1.807, 2.05) is 18.2 Å². The van der Waals surface area contributed by atoms with Crippen LogP contribution in [0.15, 0.2) is 42.5 Å². The van der Waals surface area contributed by atoms with E-state index in [4.69, 9.17) is 26.8 Å². The summed E-state index contributed by atoms with van der Waals surface area (Å²) in [6.07, 6.45) is 1.45. The van der Waals surface area contributed by atoms with Crippen molar-refractivity contribution in [2.45, 2.75) is 26.3 Å². The van der Waals surface area contributed by atoms with Gasteiger partial charge in [-0.05, 0) is 54.3 Å². The number of rotatable bonds is 10. The fraction of sp³-hybridized carbons (Fsp3) is 0.375. The van der Waals surface area contributed by atoms with E-state index in [9.17, 15) is 13.2 Å². The van der Waals surface area contributed by atoms with Crippen molar-refractivity contribution < 1.29 is 22.7 Å². The molecule has 2 aromatic carbocycles. The minimum atomic E-state index is -3.63. The van der Waals surface area contributed by atoms with Gasteiger partial charge in [0.25, 0.3) is 0 Å². The standard InChI is InChI=1S/C24H29ClN2O5S/c1-17(2)23(24(26)28)27(33(4,29)30)14-13-19-9-12-21(22(16-19)31-3)32-15-5-6-18-7-10-20(25)11-8-18/h7-12,16-17,23H,13-15H2,1-4H3,(H2,26,28)/t23-/m0/s1. The molecule has 33 heavy (non-hydrogen) atoms. The van der Waals surface area contributed by atoms with Crippen LogP contribution in [0.5, 0.6) is 11.5 Å². The molecule has 2 N–H and O–H groups in total. The number of primary amides is 1. The Bertz CT molecular complexity index is 1120. The molecule has 2 rings (SSSR count). The van der Waals surface area contributed by atoms with Crippen LogP contribution in [0.1, 0.15) is 25.0 Å². The molecule has 0 aliphatic rings. The Balaban J connectivity index is 2.09. The molecule has 0 radical (unpaired) electrons. The number of ether oxygens (including phenoxy) is 2. The summed E-state index contributed by atoms with van der Waals surface area (Å²) in [5, 5.41) is 0.649. The first-order valence-corrected chi connectivity index (χ1v) is 12.6. The molecule has 0 saturated carbocycles. The van der Waals surface area contributed by atoms with Gasteiger partial charge in [0, 0.05) is 17.1 Å². The number of hydrogen-bond donors (Lipinski definition) is 1. The normalized spacial score (nSPS) is 12.2. The summed E-state index contributed by atoms with van der Waals surface area (Å²) in [6.45, 7) is 3.80. The highest BCUT2D eigenvalue weighted by Crippen LogP contribution is 2.28. The van der Waals surface area contributed by atoms with Crippen LogP contribution in [0.25, 0.3) is 0 Å². The SMILES string of the molecule is COc1cc(CCN([C@H](C(N)=O)C(C)C)S(C)(=O)=O)ccc1OCC#Cc1ccc(Cl)cc1. The second kappa shape index (κ2) is 11.9. The molecule has 0 fully saturated rings. The smallest absolute Gasteiger partial charge is 0.236 e. The van der Waals surface area contributed by atoms with Crippen molar-refractivity contribution in [1.29, 1.82) is 0 Å². The Morgan fingerprint density at radius 3 is 2.36 bits per heavy atom. The highest BCUT2D eigenvalue weighted by atomic mass is 35.5. The van der Waals surface area contributed by atoms with Crippen LogP contribution in [0.4, 0.5) is 0 Å². The number of carbonyl (C=O) groups is 1. The van der Waals surface area contributed by atoms with Crippen molar-refractivity contribution in [2.75, 3.05) is 26.5 Å². The number of amides is 1. The molecule has 9 heteroatoms. The quantitative estimate of drug-likeness (QED) is 0.514. The minimum Gasteiger partial charge on any atom is -0.493 e. The van der Waals surface area contributed by atoms with E-state index >= 15 is 0 Å². The van der Waals surface area contributed by atoms with Crippen LogP contribution in [0.3, 0.4) is 0 Å². The number of benzene rings is 2. The molecule has 0 aliphatic heterocycles. The van der Waals surface area contributed by atoms with Gasteiger partial charge in [-0.2, -0.15) is 4.31 Å². The number of carbonyl (C=O) groups excluding carboxylic acids is 1. The second-order valence-corrected chi connectivity index (χ2v) is 10.2. The number of nitrogens with two attached hydrogens (primary N) is 1. The van der Waals surface area contributed by atoms with Crippen molar-refractivity contribution >= 4 is 27.5 Å². The molecule has 1 amide bonds. The molecule has 1 atom stereocenters. The Hall–Kier alpha value is -2.73. The van der Waals surface area contributed by atoms with Gasteiger partial charge >= 0.3 is 0 Å². The Morgan fingerprint density at radius 1 is 1.15 bits per heavy atom. The molecule has 0 aromatic heterocycles. The minimum absolute atomic E-state index is 0.112. The van der Waals surface area contributed by atoms with E-state index in [0.717, 1.165) is 21.7 Å². The highest BCUT2D eigenvalue weighted by molar-refractivity contribution is 7.88. The first kappa shape index (κ1) is 26.5. The number of halogens is 1. The first-order chi connectivity index (χ1) is 15.5. The molecule has 0 aliphatic carbocycles. The zero-order chi connectivity index (χ0) is 24.6. The molecule has 178 valence electrons. The maximum Gasteiger partial charge on any atom is 0.236 e. The first-order valence-electron chi connectivity index (χ1n) is 10.3.